The predicted molar refractivity (Wildman–Crippen MR) is 34.0 cm³/mol. The van der Waals surface area contributed by atoms with E-state index in [9.17, 15) is 4.79 Å². The Kier molecular flexibility index (Phi) is 1.26. The van der Waals surface area contributed by atoms with Crippen molar-refractivity contribution in [3.8, 4) is 0 Å². The predicted octanol–water partition coefficient (Wildman–Crippen LogP) is 1.35. The normalized spacial score (nSPS) is 31.0. The molecule has 0 aromatic carbocycles. The van der Waals surface area contributed by atoms with E-state index in [1.807, 2.05) is 20.8 Å². The second kappa shape index (κ2) is 1.72. The minimum Gasteiger partial charge on any atom is -0.458 e. The highest BCUT2D eigenvalue weighted by atomic mass is 16.6. The van der Waals surface area contributed by atoms with Gasteiger partial charge in [-0.15, -0.1) is 0 Å². The van der Waals surface area contributed by atoms with E-state index in [0.29, 0.717) is 0 Å². The number of hydrogen-bond acceptors (Lipinski definition) is 2. The van der Waals surface area contributed by atoms with Crippen molar-refractivity contribution in [3.63, 3.8) is 0 Å². The van der Waals surface area contributed by atoms with Crippen LogP contribution >= 0.6 is 0 Å². The molecule has 0 N–H and O–H groups in total. The Morgan fingerprint density at radius 3 is 2.33 bits per heavy atom. The van der Waals surface area contributed by atoms with Gasteiger partial charge in [0.2, 0.25) is 0 Å². The van der Waals surface area contributed by atoms with Crippen LogP contribution in [-0.4, -0.2) is 11.6 Å². The quantitative estimate of drug-likeness (QED) is 0.498. The molecule has 1 atom stereocenters. The molecular formula is C7H12O2. The summed E-state index contributed by atoms with van der Waals surface area (Å²) >= 11 is 0. The number of ether oxygens (including phenoxy) is 1. The van der Waals surface area contributed by atoms with Gasteiger partial charge in [-0.2, -0.15) is 0 Å². The Bertz CT molecular complexity index is 138. The van der Waals surface area contributed by atoms with E-state index in [4.69, 9.17) is 4.74 Å². The summed E-state index contributed by atoms with van der Waals surface area (Å²) in [4.78, 5) is 10.7. The average Bonchev–Trinajstić information content (AvgIpc) is 1.63. The summed E-state index contributed by atoms with van der Waals surface area (Å²) in [6.45, 7) is 5.90. The summed E-state index contributed by atoms with van der Waals surface area (Å²) in [7, 11) is 0. The number of cyclic esters (lactones) is 1. The van der Waals surface area contributed by atoms with Crippen LogP contribution in [0.2, 0.25) is 0 Å². The van der Waals surface area contributed by atoms with Crippen molar-refractivity contribution in [2.24, 2.45) is 5.92 Å². The van der Waals surface area contributed by atoms with Crippen LogP contribution in [-0.2, 0) is 9.53 Å². The highest BCUT2D eigenvalue weighted by Gasteiger charge is 2.47. The molecule has 2 nitrogen and oxygen atoms in total. The van der Waals surface area contributed by atoms with Crippen LogP contribution in [0.25, 0.3) is 0 Å². The monoisotopic (exact) mass is 128 g/mol. The van der Waals surface area contributed by atoms with Crippen LogP contribution < -0.4 is 0 Å². The molecule has 1 saturated heterocycles. The number of hydrogen-bond donors (Lipinski definition) is 0. The lowest BCUT2D eigenvalue weighted by molar-refractivity contribution is -0.204. The standard InChI is InChI=1S/C7H12O2/c1-4-5-6(8)9-7(5,2)3/h5H,4H2,1-3H3/t5-/m1/s1. The summed E-state index contributed by atoms with van der Waals surface area (Å²) in [5.41, 5.74) is -0.189. The molecule has 1 aliphatic rings. The van der Waals surface area contributed by atoms with Gasteiger partial charge in [0, 0.05) is 0 Å². The van der Waals surface area contributed by atoms with E-state index >= 15 is 0 Å². The zero-order chi connectivity index (χ0) is 7.07. The van der Waals surface area contributed by atoms with Crippen LogP contribution in [0.5, 0.6) is 0 Å². The molecule has 0 aromatic heterocycles. The summed E-state index contributed by atoms with van der Waals surface area (Å²) in [6, 6.07) is 0. The van der Waals surface area contributed by atoms with Gasteiger partial charge in [0.15, 0.2) is 0 Å². The number of carbonyl (C=O) groups is 1. The SMILES string of the molecule is CC[C@@H]1C(=O)OC1(C)C. The van der Waals surface area contributed by atoms with Crippen molar-refractivity contribution < 1.29 is 9.53 Å². The Morgan fingerprint density at radius 2 is 2.22 bits per heavy atom. The number of rotatable bonds is 1. The minimum absolute atomic E-state index is 0.0394. The van der Waals surface area contributed by atoms with E-state index in [2.05, 4.69) is 0 Å². The zero-order valence-electron chi connectivity index (χ0n) is 6.10. The lowest BCUT2D eigenvalue weighted by Gasteiger charge is -2.41. The number of carbonyl (C=O) groups excluding carboxylic acids is 1. The molecule has 52 valence electrons. The molecule has 2 heteroatoms. The summed E-state index contributed by atoms with van der Waals surface area (Å²) in [5, 5.41) is 0. The fourth-order valence-electron chi connectivity index (χ4n) is 1.29. The molecule has 0 amide bonds. The topological polar surface area (TPSA) is 26.3 Å². The molecular weight excluding hydrogens is 116 g/mol. The van der Waals surface area contributed by atoms with E-state index in [-0.39, 0.29) is 17.5 Å². The van der Waals surface area contributed by atoms with Crippen LogP contribution in [0.4, 0.5) is 0 Å². The first-order chi connectivity index (χ1) is 4.08. The largest absolute Gasteiger partial charge is 0.458 e. The molecule has 0 aromatic rings. The van der Waals surface area contributed by atoms with Crippen LogP contribution in [0.1, 0.15) is 27.2 Å². The van der Waals surface area contributed by atoms with E-state index in [1.165, 1.54) is 0 Å². The first-order valence-corrected chi connectivity index (χ1v) is 3.31. The maximum atomic E-state index is 10.7. The lowest BCUT2D eigenvalue weighted by Crippen LogP contribution is -2.52. The first-order valence-electron chi connectivity index (χ1n) is 3.31. The van der Waals surface area contributed by atoms with Gasteiger partial charge in [-0.3, -0.25) is 4.79 Å². The summed E-state index contributed by atoms with van der Waals surface area (Å²) < 4.78 is 4.89. The van der Waals surface area contributed by atoms with Crippen molar-refractivity contribution in [1.29, 1.82) is 0 Å². The van der Waals surface area contributed by atoms with Crippen molar-refractivity contribution >= 4 is 5.97 Å². The Labute approximate surface area is 55.2 Å². The zero-order valence-corrected chi connectivity index (χ0v) is 6.10. The van der Waals surface area contributed by atoms with Crippen molar-refractivity contribution in [3.05, 3.63) is 0 Å². The van der Waals surface area contributed by atoms with Gasteiger partial charge in [0.05, 0.1) is 5.92 Å². The van der Waals surface area contributed by atoms with Gasteiger partial charge in [0.25, 0.3) is 0 Å². The fourth-order valence-corrected chi connectivity index (χ4v) is 1.29. The van der Waals surface area contributed by atoms with Crippen LogP contribution in [0.15, 0.2) is 0 Å². The summed E-state index contributed by atoms with van der Waals surface area (Å²) in [5.74, 6) is 0.0972. The third-order valence-corrected chi connectivity index (χ3v) is 1.90. The smallest absolute Gasteiger partial charge is 0.313 e. The molecule has 0 aliphatic carbocycles. The highest BCUT2D eigenvalue weighted by molar-refractivity contribution is 5.79. The minimum atomic E-state index is -0.189. The molecule has 9 heavy (non-hydrogen) atoms. The Hall–Kier alpha value is -0.530. The molecule has 0 saturated carbocycles. The van der Waals surface area contributed by atoms with Gasteiger partial charge in [-0.1, -0.05) is 6.92 Å². The molecule has 0 unspecified atom stereocenters. The molecule has 0 radical (unpaired) electrons. The summed E-state index contributed by atoms with van der Waals surface area (Å²) in [6.07, 6.45) is 0.895. The third kappa shape index (κ3) is 0.824. The van der Waals surface area contributed by atoms with Gasteiger partial charge in [-0.05, 0) is 20.3 Å². The van der Waals surface area contributed by atoms with Gasteiger partial charge in [-0.25, -0.2) is 0 Å². The lowest BCUT2D eigenvalue weighted by atomic mass is 9.83. The number of esters is 1. The van der Waals surface area contributed by atoms with Crippen molar-refractivity contribution in [1.82, 2.24) is 0 Å². The van der Waals surface area contributed by atoms with Gasteiger partial charge in [0.1, 0.15) is 5.60 Å². The molecule has 0 bridgehead atoms. The van der Waals surface area contributed by atoms with Crippen molar-refractivity contribution in [2.75, 3.05) is 0 Å². The second-order valence-corrected chi connectivity index (χ2v) is 2.99. The van der Waals surface area contributed by atoms with Crippen LogP contribution in [0, 0.1) is 5.92 Å². The third-order valence-electron chi connectivity index (χ3n) is 1.90. The first kappa shape index (κ1) is 6.59. The maximum absolute atomic E-state index is 10.7. The molecule has 1 aliphatic heterocycles. The van der Waals surface area contributed by atoms with Gasteiger partial charge < -0.3 is 4.74 Å². The van der Waals surface area contributed by atoms with Crippen LogP contribution in [0.3, 0.4) is 0 Å². The fraction of sp³-hybridized carbons (Fsp3) is 0.857. The van der Waals surface area contributed by atoms with E-state index < -0.39 is 0 Å². The Balaban J connectivity index is 2.58. The molecule has 1 rings (SSSR count). The van der Waals surface area contributed by atoms with E-state index in [1.54, 1.807) is 0 Å². The molecule has 1 heterocycles. The second-order valence-electron chi connectivity index (χ2n) is 2.99. The van der Waals surface area contributed by atoms with E-state index in [0.717, 1.165) is 6.42 Å². The Morgan fingerprint density at radius 1 is 1.67 bits per heavy atom. The highest BCUT2D eigenvalue weighted by Crippen LogP contribution is 2.35. The van der Waals surface area contributed by atoms with Crippen molar-refractivity contribution in [2.45, 2.75) is 32.8 Å². The van der Waals surface area contributed by atoms with Gasteiger partial charge >= 0.3 is 5.97 Å². The average molecular weight is 128 g/mol. The molecule has 0 spiro atoms. The maximum Gasteiger partial charge on any atom is 0.313 e. The molecule has 1 fully saturated rings.